The smallest absolute Gasteiger partial charge is 0.225 e. The van der Waals surface area contributed by atoms with Gasteiger partial charge in [0.15, 0.2) is 5.65 Å². The zero-order valence-corrected chi connectivity index (χ0v) is 14.3. The second kappa shape index (κ2) is 7.50. The number of amides is 1. The molecule has 0 bridgehead atoms. The average Bonchev–Trinajstić information content (AvgIpc) is 3.03. The van der Waals surface area contributed by atoms with Gasteiger partial charge in [-0.3, -0.25) is 4.79 Å². The summed E-state index contributed by atoms with van der Waals surface area (Å²) in [4.78, 5) is 27.3. The van der Waals surface area contributed by atoms with Gasteiger partial charge in [-0.15, -0.1) is 11.8 Å². The molecule has 3 rings (SSSR count). The van der Waals surface area contributed by atoms with Crippen LogP contribution in [0.25, 0.3) is 11.2 Å². The highest BCUT2D eigenvalue weighted by atomic mass is 35.5. The van der Waals surface area contributed by atoms with Crippen LogP contribution in [0.3, 0.4) is 0 Å². The van der Waals surface area contributed by atoms with Gasteiger partial charge in [0, 0.05) is 12.2 Å². The summed E-state index contributed by atoms with van der Waals surface area (Å²) in [6.07, 6.45) is 1.86. The summed E-state index contributed by atoms with van der Waals surface area (Å²) in [6, 6.07) is 7.27. The Labute approximate surface area is 147 Å². The number of fused-ring (bicyclic) bond motifs is 1. The Balaban J connectivity index is 1.59. The number of aromatic nitrogens is 4. The van der Waals surface area contributed by atoms with Crippen molar-refractivity contribution in [3.8, 4) is 5.75 Å². The van der Waals surface area contributed by atoms with Crippen LogP contribution in [0.4, 0.5) is 5.69 Å². The number of anilines is 1. The van der Waals surface area contributed by atoms with Gasteiger partial charge >= 0.3 is 0 Å². The van der Waals surface area contributed by atoms with Crippen molar-refractivity contribution < 1.29 is 9.53 Å². The number of benzene rings is 1. The van der Waals surface area contributed by atoms with Crippen LogP contribution < -0.4 is 10.1 Å². The molecule has 24 heavy (non-hydrogen) atoms. The summed E-state index contributed by atoms with van der Waals surface area (Å²) in [6.45, 7) is 0. The number of imidazole rings is 1. The van der Waals surface area contributed by atoms with Crippen molar-refractivity contribution in [3.05, 3.63) is 35.9 Å². The highest BCUT2D eigenvalue weighted by molar-refractivity contribution is 7.99. The third kappa shape index (κ3) is 3.77. The van der Waals surface area contributed by atoms with E-state index in [1.165, 1.54) is 18.1 Å². The van der Waals surface area contributed by atoms with Crippen molar-refractivity contribution in [2.24, 2.45) is 0 Å². The fourth-order valence-corrected chi connectivity index (χ4v) is 3.23. The van der Waals surface area contributed by atoms with Gasteiger partial charge in [-0.2, -0.15) is 4.98 Å². The molecule has 0 spiro atoms. The molecule has 2 heterocycles. The summed E-state index contributed by atoms with van der Waals surface area (Å²) in [5.74, 6) is 1.07. The molecule has 0 radical (unpaired) electrons. The summed E-state index contributed by atoms with van der Waals surface area (Å²) in [5, 5.41) is 3.64. The molecule has 0 saturated heterocycles. The topological polar surface area (TPSA) is 92.8 Å². The number of ether oxygens (including phenoxy) is 1. The minimum atomic E-state index is -0.104. The fraction of sp³-hybridized carbons (Fsp3) is 0.200. The molecule has 0 aliphatic carbocycles. The van der Waals surface area contributed by atoms with Crippen molar-refractivity contribution in [3.63, 3.8) is 0 Å². The second-order valence-corrected chi connectivity index (χ2v) is 6.17. The maximum absolute atomic E-state index is 12.1. The number of para-hydroxylation sites is 2. The Morgan fingerprint density at radius 3 is 3.04 bits per heavy atom. The zero-order valence-electron chi connectivity index (χ0n) is 12.7. The molecule has 0 aliphatic rings. The summed E-state index contributed by atoms with van der Waals surface area (Å²) in [7, 11) is 1.56. The van der Waals surface area contributed by atoms with E-state index in [4.69, 9.17) is 16.3 Å². The quantitative estimate of drug-likeness (QED) is 0.397. The normalized spacial score (nSPS) is 10.8. The number of rotatable bonds is 6. The molecule has 1 amide bonds. The van der Waals surface area contributed by atoms with Gasteiger partial charge < -0.3 is 15.0 Å². The number of methoxy groups -OCH3 is 1. The van der Waals surface area contributed by atoms with Gasteiger partial charge in [-0.05, 0) is 23.7 Å². The molecule has 0 unspecified atom stereocenters. The zero-order chi connectivity index (χ0) is 16.9. The molecule has 1 aromatic carbocycles. The van der Waals surface area contributed by atoms with E-state index in [1.54, 1.807) is 19.2 Å². The monoisotopic (exact) mass is 363 g/mol. The molecular formula is C15H14ClN5O2S. The molecule has 0 atom stereocenters. The van der Waals surface area contributed by atoms with E-state index in [-0.39, 0.29) is 11.2 Å². The van der Waals surface area contributed by atoms with Crippen LogP contribution in [0.15, 0.2) is 35.6 Å². The van der Waals surface area contributed by atoms with Crippen LogP contribution in [0.5, 0.6) is 5.75 Å². The number of carbonyl (C=O) groups excluding carboxylic acids is 1. The summed E-state index contributed by atoms with van der Waals surface area (Å²) in [5.41, 5.74) is 1.88. The highest BCUT2D eigenvalue weighted by Crippen LogP contribution is 2.26. The van der Waals surface area contributed by atoms with Crippen molar-refractivity contribution >= 4 is 46.1 Å². The summed E-state index contributed by atoms with van der Waals surface area (Å²) >= 11 is 7.30. The average molecular weight is 364 g/mol. The lowest BCUT2D eigenvalue weighted by Crippen LogP contribution is -2.13. The number of halogens is 1. The Morgan fingerprint density at radius 1 is 1.38 bits per heavy atom. The van der Waals surface area contributed by atoms with Gasteiger partial charge in [0.1, 0.15) is 16.3 Å². The van der Waals surface area contributed by atoms with Crippen molar-refractivity contribution in [2.75, 3.05) is 18.2 Å². The van der Waals surface area contributed by atoms with Crippen LogP contribution >= 0.6 is 23.4 Å². The number of nitrogens with zero attached hydrogens (tertiary/aromatic N) is 3. The van der Waals surface area contributed by atoms with E-state index in [9.17, 15) is 4.79 Å². The van der Waals surface area contributed by atoms with Crippen LogP contribution in [-0.4, -0.2) is 38.7 Å². The van der Waals surface area contributed by atoms with E-state index in [1.807, 2.05) is 12.1 Å². The van der Waals surface area contributed by atoms with E-state index in [0.29, 0.717) is 34.3 Å². The van der Waals surface area contributed by atoms with Crippen molar-refractivity contribution in [1.29, 1.82) is 0 Å². The number of hydrogen-bond donors (Lipinski definition) is 2. The number of H-pyrrole nitrogens is 1. The van der Waals surface area contributed by atoms with Gasteiger partial charge in [0.25, 0.3) is 0 Å². The van der Waals surface area contributed by atoms with Crippen molar-refractivity contribution in [2.45, 2.75) is 11.4 Å². The molecule has 3 aromatic rings. The molecule has 2 aromatic heterocycles. The lowest BCUT2D eigenvalue weighted by Gasteiger charge is -2.09. The number of hydrogen-bond acceptors (Lipinski definition) is 6. The first kappa shape index (κ1) is 16.5. The minimum absolute atomic E-state index is 0.104. The van der Waals surface area contributed by atoms with Gasteiger partial charge in [0.2, 0.25) is 11.2 Å². The standard InChI is InChI=1S/C15H14ClN5O2S/c1-23-10-5-3-2-4-9(10)19-11(22)6-7-24-14-12-13(18-8-17-12)20-15(16)21-14/h2-5,8H,6-7H2,1H3,(H,19,22)(H,17,18,20,21). The number of aromatic amines is 1. The fourth-order valence-electron chi connectivity index (χ4n) is 2.09. The van der Waals surface area contributed by atoms with Crippen LogP contribution in [0, 0.1) is 0 Å². The maximum Gasteiger partial charge on any atom is 0.225 e. The Hall–Kier alpha value is -2.32. The maximum atomic E-state index is 12.1. The van der Waals surface area contributed by atoms with Crippen molar-refractivity contribution in [1.82, 2.24) is 19.9 Å². The van der Waals surface area contributed by atoms with E-state index in [0.717, 1.165) is 5.52 Å². The van der Waals surface area contributed by atoms with E-state index >= 15 is 0 Å². The molecular weight excluding hydrogens is 350 g/mol. The molecule has 124 valence electrons. The molecule has 7 nitrogen and oxygen atoms in total. The van der Waals surface area contributed by atoms with Crippen LogP contribution in [0.2, 0.25) is 5.28 Å². The van der Waals surface area contributed by atoms with Gasteiger partial charge in [0.05, 0.1) is 19.1 Å². The van der Waals surface area contributed by atoms with Gasteiger partial charge in [-0.25, -0.2) is 9.97 Å². The van der Waals surface area contributed by atoms with E-state index in [2.05, 4.69) is 25.3 Å². The van der Waals surface area contributed by atoms with E-state index < -0.39 is 0 Å². The second-order valence-electron chi connectivity index (χ2n) is 4.75. The Bertz CT molecular complexity index is 870. The third-order valence-corrected chi connectivity index (χ3v) is 4.32. The molecule has 0 fully saturated rings. The molecule has 2 N–H and O–H groups in total. The lowest BCUT2D eigenvalue weighted by molar-refractivity contribution is -0.115. The first-order chi connectivity index (χ1) is 11.7. The minimum Gasteiger partial charge on any atom is -0.495 e. The predicted octanol–water partition coefficient (Wildman–Crippen LogP) is 3.14. The molecule has 0 aliphatic heterocycles. The largest absolute Gasteiger partial charge is 0.495 e. The Kier molecular flexibility index (Phi) is 5.17. The Morgan fingerprint density at radius 2 is 2.21 bits per heavy atom. The first-order valence-electron chi connectivity index (χ1n) is 7.09. The number of thioether (sulfide) groups is 1. The predicted molar refractivity (Wildman–Crippen MR) is 93.7 cm³/mol. The van der Waals surface area contributed by atoms with Crippen LogP contribution in [-0.2, 0) is 4.79 Å². The highest BCUT2D eigenvalue weighted by Gasteiger charge is 2.11. The first-order valence-corrected chi connectivity index (χ1v) is 8.46. The lowest BCUT2D eigenvalue weighted by atomic mass is 10.3. The molecule has 0 saturated carbocycles. The summed E-state index contributed by atoms with van der Waals surface area (Å²) < 4.78 is 5.21. The SMILES string of the molecule is COc1ccccc1NC(=O)CCSc1nc(Cl)nc2nc[nH]c12. The number of nitrogens with one attached hydrogen (secondary N) is 2. The number of carbonyl (C=O) groups is 1. The van der Waals surface area contributed by atoms with Crippen LogP contribution in [0.1, 0.15) is 6.42 Å². The van der Waals surface area contributed by atoms with Gasteiger partial charge in [-0.1, -0.05) is 12.1 Å². The third-order valence-electron chi connectivity index (χ3n) is 3.17. The molecule has 9 heteroatoms.